The highest BCUT2D eigenvalue weighted by Gasteiger charge is 2.05. The van der Waals surface area contributed by atoms with Gasteiger partial charge in [0.15, 0.2) is 0 Å². The highest BCUT2D eigenvalue weighted by atomic mass is 32.2. The molecule has 5 heteroatoms. The first-order valence-corrected chi connectivity index (χ1v) is 3.98. The third-order valence-corrected chi connectivity index (χ3v) is 1.36. The Labute approximate surface area is 63.7 Å². The fraction of sp³-hybridized carbons (Fsp3) is 1.00. The molecule has 2 atom stereocenters. The van der Waals surface area contributed by atoms with Crippen LogP contribution in [0.15, 0.2) is 0 Å². The molecule has 0 saturated carbocycles. The van der Waals surface area contributed by atoms with Gasteiger partial charge in [-0.3, -0.25) is 8.74 Å². The normalized spacial score (nSPS) is 17.3. The molecule has 62 valence electrons. The van der Waals surface area contributed by atoms with E-state index in [-0.39, 0.29) is 6.10 Å². The standard InChI is InChI=1S/C5H13NO3S/c1-5(4-6(2)3)9-10(7)8/h5H,4H2,1-3H3,(H,7,8). The minimum Gasteiger partial charge on any atom is -0.307 e. The lowest BCUT2D eigenvalue weighted by molar-refractivity contribution is 0.179. The maximum Gasteiger partial charge on any atom is 0.302 e. The van der Waals surface area contributed by atoms with Gasteiger partial charge in [-0.2, -0.15) is 4.21 Å². The Bertz CT molecular complexity index is 117. The third-order valence-electron chi connectivity index (χ3n) is 0.869. The van der Waals surface area contributed by atoms with E-state index in [4.69, 9.17) is 4.55 Å². The minimum absolute atomic E-state index is 0.208. The summed E-state index contributed by atoms with van der Waals surface area (Å²) in [4.78, 5) is 1.89. The smallest absolute Gasteiger partial charge is 0.302 e. The Morgan fingerprint density at radius 1 is 1.70 bits per heavy atom. The van der Waals surface area contributed by atoms with Crippen molar-refractivity contribution in [2.24, 2.45) is 0 Å². The van der Waals surface area contributed by atoms with E-state index in [9.17, 15) is 4.21 Å². The van der Waals surface area contributed by atoms with Crippen LogP contribution in [0, 0.1) is 0 Å². The third kappa shape index (κ3) is 6.15. The summed E-state index contributed by atoms with van der Waals surface area (Å²) >= 11 is -2.14. The van der Waals surface area contributed by atoms with Crippen molar-refractivity contribution in [2.75, 3.05) is 20.6 Å². The molecule has 2 unspecified atom stereocenters. The molecule has 0 aromatic rings. The van der Waals surface area contributed by atoms with Gasteiger partial charge >= 0.3 is 11.4 Å². The van der Waals surface area contributed by atoms with Crippen LogP contribution in [0.2, 0.25) is 0 Å². The number of nitrogens with zero attached hydrogens (tertiary/aromatic N) is 1. The predicted octanol–water partition coefficient (Wildman–Crippen LogP) is 0.0898. The van der Waals surface area contributed by atoms with E-state index >= 15 is 0 Å². The molecule has 0 radical (unpaired) electrons. The summed E-state index contributed by atoms with van der Waals surface area (Å²) in [5.41, 5.74) is 0. The Morgan fingerprint density at radius 2 is 2.20 bits per heavy atom. The second-order valence-electron chi connectivity index (χ2n) is 2.39. The monoisotopic (exact) mass is 167 g/mol. The largest absolute Gasteiger partial charge is 0.307 e. The number of hydrogen-bond acceptors (Lipinski definition) is 3. The summed E-state index contributed by atoms with van der Waals surface area (Å²) in [5.74, 6) is 0. The lowest BCUT2D eigenvalue weighted by Gasteiger charge is -2.14. The Hall–Kier alpha value is 0.0300. The van der Waals surface area contributed by atoms with Crippen LogP contribution in [0.25, 0.3) is 0 Å². The molecule has 0 aliphatic heterocycles. The van der Waals surface area contributed by atoms with Crippen molar-refractivity contribution >= 4 is 11.4 Å². The summed E-state index contributed by atoms with van der Waals surface area (Å²) in [6.07, 6.45) is -0.208. The van der Waals surface area contributed by atoms with E-state index in [0.29, 0.717) is 6.54 Å². The molecule has 0 amide bonds. The molecule has 0 rings (SSSR count). The maximum absolute atomic E-state index is 10.1. The van der Waals surface area contributed by atoms with E-state index in [2.05, 4.69) is 4.18 Å². The van der Waals surface area contributed by atoms with E-state index in [1.54, 1.807) is 6.92 Å². The molecule has 0 aliphatic carbocycles. The van der Waals surface area contributed by atoms with Crippen LogP contribution >= 0.6 is 0 Å². The molecule has 0 saturated heterocycles. The molecule has 0 aromatic heterocycles. The molecular weight excluding hydrogens is 154 g/mol. The van der Waals surface area contributed by atoms with Crippen LogP contribution in [0.5, 0.6) is 0 Å². The van der Waals surface area contributed by atoms with Crippen LogP contribution in [-0.2, 0) is 15.5 Å². The van der Waals surface area contributed by atoms with Gasteiger partial charge in [0.05, 0.1) is 6.10 Å². The van der Waals surface area contributed by atoms with Gasteiger partial charge in [0.1, 0.15) is 0 Å². The zero-order valence-electron chi connectivity index (χ0n) is 6.40. The highest BCUT2D eigenvalue weighted by molar-refractivity contribution is 7.74. The first-order valence-electron chi connectivity index (χ1n) is 2.95. The van der Waals surface area contributed by atoms with Gasteiger partial charge in [-0.25, -0.2) is 0 Å². The fourth-order valence-electron chi connectivity index (χ4n) is 0.685. The van der Waals surface area contributed by atoms with E-state index in [1.165, 1.54) is 0 Å². The van der Waals surface area contributed by atoms with Gasteiger partial charge in [0.25, 0.3) is 0 Å². The summed E-state index contributed by atoms with van der Waals surface area (Å²) in [6.45, 7) is 2.39. The van der Waals surface area contributed by atoms with Crippen LogP contribution in [0.1, 0.15) is 6.92 Å². The summed E-state index contributed by atoms with van der Waals surface area (Å²) in [5, 5.41) is 0. The van der Waals surface area contributed by atoms with Crippen molar-refractivity contribution in [2.45, 2.75) is 13.0 Å². The van der Waals surface area contributed by atoms with Gasteiger partial charge in [0, 0.05) is 6.54 Å². The molecule has 0 aliphatic rings. The van der Waals surface area contributed by atoms with Crippen molar-refractivity contribution in [1.82, 2.24) is 4.90 Å². The quantitative estimate of drug-likeness (QED) is 0.603. The first kappa shape index (κ1) is 10.0. The van der Waals surface area contributed by atoms with E-state index in [0.717, 1.165) is 0 Å². The molecule has 1 N–H and O–H groups in total. The molecule has 0 heterocycles. The molecule has 4 nitrogen and oxygen atoms in total. The summed E-state index contributed by atoms with van der Waals surface area (Å²) in [6, 6.07) is 0. The second-order valence-corrected chi connectivity index (χ2v) is 3.01. The molecule has 0 fully saturated rings. The lowest BCUT2D eigenvalue weighted by atomic mass is 10.4. The Morgan fingerprint density at radius 3 is 2.50 bits per heavy atom. The minimum atomic E-state index is -2.14. The van der Waals surface area contributed by atoms with Crippen molar-refractivity contribution in [3.05, 3.63) is 0 Å². The van der Waals surface area contributed by atoms with Crippen LogP contribution < -0.4 is 0 Å². The molecule has 10 heavy (non-hydrogen) atoms. The van der Waals surface area contributed by atoms with Gasteiger partial charge in [-0.05, 0) is 21.0 Å². The van der Waals surface area contributed by atoms with Gasteiger partial charge < -0.3 is 4.90 Å². The fourth-order valence-corrected chi connectivity index (χ4v) is 1.03. The maximum atomic E-state index is 10.1. The van der Waals surface area contributed by atoms with Crippen molar-refractivity contribution in [3.63, 3.8) is 0 Å². The van der Waals surface area contributed by atoms with Crippen LogP contribution in [-0.4, -0.2) is 40.4 Å². The molecule has 0 aromatic carbocycles. The first-order chi connectivity index (χ1) is 4.52. The average molecular weight is 167 g/mol. The number of rotatable bonds is 4. The van der Waals surface area contributed by atoms with Crippen molar-refractivity contribution in [3.8, 4) is 0 Å². The van der Waals surface area contributed by atoms with Gasteiger partial charge in [-0.15, -0.1) is 0 Å². The number of hydrogen-bond donors (Lipinski definition) is 1. The SMILES string of the molecule is CC(CN(C)C)OS(=O)O. The molecule has 0 spiro atoms. The summed E-state index contributed by atoms with van der Waals surface area (Å²) in [7, 11) is 3.75. The van der Waals surface area contributed by atoms with Crippen molar-refractivity contribution < 1.29 is 12.9 Å². The van der Waals surface area contributed by atoms with Gasteiger partial charge in [0.2, 0.25) is 0 Å². The highest BCUT2D eigenvalue weighted by Crippen LogP contribution is 1.93. The van der Waals surface area contributed by atoms with Crippen molar-refractivity contribution in [1.29, 1.82) is 0 Å². The summed E-state index contributed by atoms with van der Waals surface area (Å²) < 4.78 is 22.9. The number of likely N-dealkylation sites (N-methyl/N-ethyl adjacent to an activating group) is 1. The predicted molar refractivity (Wildman–Crippen MR) is 39.9 cm³/mol. The molecular formula is C5H13NO3S. The Kier molecular flexibility index (Phi) is 4.80. The van der Waals surface area contributed by atoms with Crippen LogP contribution in [0.3, 0.4) is 0 Å². The van der Waals surface area contributed by atoms with E-state index in [1.807, 2.05) is 19.0 Å². The van der Waals surface area contributed by atoms with Gasteiger partial charge in [-0.1, -0.05) is 0 Å². The topological polar surface area (TPSA) is 49.8 Å². The molecule has 0 bridgehead atoms. The Balaban J connectivity index is 3.43. The average Bonchev–Trinajstić information content (AvgIpc) is 1.58. The zero-order valence-corrected chi connectivity index (χ0v) is 7.22. The van der Waals surface area contributed by atoms with Crippen LogP contribution in [0.4, 0.5) is 0 Å². The lowest BCUT2D eigenvalue weighted by Crippen LogP contribution is -2.26. The zero-order chi connectivity index (χ0) is 8.15. The van der Waals surface area contributed by atoms with E-state index < -0.39 is 11.4 Å². The second kappa shape index (κ2) is 4.79.